The Morgan fingerprint density at radius 1 is 0.477 bits per heavy atom. The van der Waals surface area contributed by atoms with E-state index >= 15 is 0 Å². The van der Waals surface area contributed by atoms with Gasteiger partial charge < -0.3 is 9.47 Å². The summed E-state index contributed by atoms with van der Waals surface area (Å²) in [5, 5.41) is 0. The average molecular weight is 615 g/mol. The molecule has 0 saturated carbocycles. The van der Waals surface area contributed by atoms with E-state index < -0.39 is 11.8 Å². The normalized spacial score (nSPS) is 16.7. The summed E-state index contributed by atoms with van der Waals surface area (Å²) in [6, 6.07) is 0. The zero-order chi connectivity index (χ0) is 31.8. The van der Waals surface area contributed by atoms with Crippen LogP contribution in [0.2, 0.25) is 0 Å². The first-order chi connectivity index (χ1) is 21.7. The van der Waals surface area contributed by atoms with E-state index in [1.807, 2.05) is 24.3 Å². The Morgan fingerprint density at radius 2 is 0.750 bits per heavy atom. The van der Waals surface area contributed by atoms with Gasteiger partial charge in [0.2, 0.25) is 0 Å². The Labute approximate surface area is 272 Å². The summed E-state index contributed by atoms with van der Waals surface area (Å²) in [6.45, 7) is 4.54. The van der Waals surface area contributed by atoms with Crippen LogP contribution in [0.5, 0.6) is 0 Å². The monoisotopic (exact) mass is 615 g/mol. The van der Waals surface area contributed by atoms with Crippen LogP contribution in [-0.4, -0.2) is 11.9 Å². The van der Waals surface area contributed by atoms with E-state index in [9.17, 15) is 9.59 Å². The lowest BCUT2D eigenvalue weighted by Crippen LogP contribution is -2.32. The molecule has 1 aliphatic carbocycles. The molecular weight excluding hydrogens is 544 g/mol. The van der Waals surface area contributed by atoms with Crippen molar-refractivity contribution >= 4 is 11.9 Å². The summed E-state index contributed by atoms with van der Waals surface area (Å²) in [5.74, 6) is -1.62. The molecule has 0 aliphatic heterocycles. The number of unbranched alkanes of at least 4 members (excludes halogenated alkanes) is 24. The van der Waals surface area contributed by atoms with Crippen LogP contribution in [0.25, 0.3) is 0 Å². The second kappa shape index (κ2) is 31.2. The van der Waals surface area contributed by atoms with Gasteiger partial charge in [0.1, 0.15) is 0 Å². The third-order valence-corrected chi connectivity index (χ3v) is 9.05. The second-order valence-corrected chi connectivity index (χ2v) is 13.1. The minimum Gasteiger partial charge on any atom is -0.435 e. The number of hydrogen-bond donors (Lipinski definition) is 0. The molecule has 254 valence electrons. The molecule has 0 radical (unpaired) electrons. The molecule has 0 spiro atoms. The van der Waals surface area contributed by atoms with Gasteiger partial charge in [-0.1, -0.05) is 167 Å². The van der Waals surface area contributed by atoms with Crippen molar-refractivity contribution in [2.75, 3.05) is 0 Å². The van der Waals surface area contributed by atoms with E-state index in [0.29, 0.717) is 12.8 Å². The van der Waals surface area contributed by atoms with E-state index in [1.165, 1.54) is 154 Å². The highest BCUT2D eigenvalue weighted by atomic mass is 16.5. The molecule has 0 amide bonds. The predicted octanol–water partition coefficient (Wildman–Crippen LogP) is 12.9. The average Bonchev–Trinajstić information content (AvgIpc) is 3.04. The molecule has 4 nitrogen and oxygen atoms in total. The van der Waals surface area contributed by atoms with E-state index in [4.69, 9.17) is 9.47 Å². The van der Waals surface area contributed by atoms with Crippen molar-refractivity contribution in [3.8, 4) is 0 Å². The van der Waals surface area contributed by atoms with Crippen molar-refractivity contribution in [1.82, 2.24) is 0 Å². The van der Waals surface area contributed by atoms with Crippen LogP contribution < -0.4 is 0 Å². The van der Waals surface area contributed by atoms with Crippen molar-refractivity contribution in [3.05, 3.63) is 36.8 Å². The van der Waals surface area contributed by atoms with Crippen molar-refractivity contribution in [2.45, 2.75) is 194 Å². The molecule has 0 N–H and O–H groups in total. The molecule has 2 unspecified atom stereocenters. The number of rotatable bonds is 30. The fourth-order valence-electron chi connectivity index (χ4n) is 6.08. The summed E-state index contributed by atoms with van der Waals surface area (Å²) < 4.78 is 10.8. The van der Waals surface area contributed by atoms with Crippen LogP contribution in [0.1, 0.15) is 194 Å². The number of ether oxygens (including phenoxy) is 2. The van der Waals surface area contributed by atoms with Crippen LogP contribution >= 0.6 is 0 Å². The van der Waals surface area contributed by atoms with Gasteiger partial charge >= 0.3 is 11.9 Å². The first-order valence-electron chi connectivity index (χ1n) is 19.1. The summed E-state index contributed by atoms with van der Waals surface area (Å²) in [5.41, 5.74) is 0. The molecule has 0 fully saturated rings. The van der Waals surface area contributed by atoms with Gasteiger partial charge in [0, 0.05) is 0 Å². The highest BCUT2D eigenvalue weighted by molar-refractivity contribution is 5.83. The van der Waals surface area contributed by atoms with Gasteiger partial charge in [0.25, 0.3) is 0 Å². The molecule has 1 rings (SSSR count). The topological polar surface area (TPSA) is 52.6 Å². The summed E-state index contributed by atoms with van der Waals surface area (Å²) in [6.07, 6.45) is 45.8. The smallest absolute Gasteiger partial charge is 0.314 e. The Bertz CT molecular complexity index is 690. The van der Waals surface area contributed by atoms with Crippen LogP contribution in [0.15, 0.2) is 36.8 Å². The summed E-state index contributed by atoms with van der Waals surface area (Å²) >= 11 is 0. The third kappa shape index (κ3) is 23.5. The quantitative estimate of drug-likeness (QED) is 0.0349. The number of carbonyl (C=O) groups excluding carboxylic acids is 2. The number of esters is 2. The molecule has 0 heterocycles. The van der Waals surface area contributed by atoms with Gasteiger partial charge in [-0.3, -0.25) is 9.59 Å². The highest BCUT2D eigenvalue weighted by Crippen LogP contribution is 2.28. The van der Waals surface area contributed by atoms with Gasteiger partial charge in [-0.15, -0.1) is 0 Å². The first kappa shape index (κ1) is 40.2. The molecule has 1 aliphatic rings. The zero-order valence-electron chi connectivity index (χ0n) is 29.1. The van der Waals surface area contributed by atoms with Crippen LogP contribution in [0, 0.1) is 11.8 Å². The number of carbonyl (C=O) groups is 2. The van der Waals surface area contributed by atoms with Crippen molar-refractivity contribution in [2.24, 2.45) is 11.8 Å². The lowest BCUT2D eigenvalue weighted by Gasteiger charge is -2.23. The molecule has 0 aromatic heterocycles. The lowest BCUT2D eigenvalue weighted by atomic mass is 9.83. The maximum atomic E-state index is 12.7. The first-order valence-corrected chi connectivity index (χ1v) is 19.1. The zero-order valence-corrected chi connectivity index (χ0v) is 29.1. The standard InChI is InChI=1S/C40H70O4/c1-3-5-7-9-11-13-15-17-19-21-23-25-27-31-35-43-39(41)37-33-29-30-34-38(37)40(42)44-36-32-28-26-24-22-20-18-16-14-12-10-8-6-4-2/h29-32,35-38H,3-28,33-34H2,1-2H3. The van der Waals surface area contributed by atoms with Crippen LogP contribution in [0.3, 0.4) is 0 Å². The molecule has 0 aromatic carbocycles. The summed E-state index contributed by atoms with van der Waals surface area (Å²) in [4.78, 5) is 25.5. The number of hydrogen-bond acceptors (Lipinski definition) is 4. The van der Waals surface area contributed by atoms with E-state index in [2.05, 4.69) is 13.8 Å². The van der Waals surface area contributed by atoms with Gasteiger partial charge in [-0.05, 0) is 50.7 Å². The minimum absolute atomic E-state index is 0.331. The molecule has 4 heteroatoms. The van der Waals surface area contributed by atoms with Gasteiger partial charge in [-0.2, -0.15) is 0 Å². The predicted molar refractivity (Wildman–Crippen MR) is 187 cm³/mol. The maximum Gasteiger partial charge on any atom is 0.314 e. The Kier molecular flexibility index (Phi) is 28.5. The fraction of sp³-hybridized carbons (Fsp3) is 0.800. The largest absolute Gasteiger partial charge is 0.435 e. The van der Waals surface area contributed by atoms with Crippen molar-refractivity contribution in [3.63, 3.8) is 0 Å². The minimum atomic E-state index is -0.478. The Balaban J connectivity index is 2.07. The van der Waals surface area contributed by atoms with Crippen LogP contribution in [0.4, 0.5) is 0 Å². The molecule has 0 saturated heterocycles. The van der Waals surface area contributed by atoms with Crippen LogP contribution in [-0.2, 0) is 19.1 Å². The van der Waals surface area contributed by atoms with E-state index in [1.54, 1.807) is 0 Å². The van der Waals surface area contributed by atoms with E-state index in [-0.39, 0.29) is 11.9 Å². The summed E-state index contributed by atoms with van der Waals surface area (Å²) in [7, 11) is 0. The number of allylic oxidation sites excluding steroid dienone is 4. The molecule has 2 atom stereocenters. The fourth-order valence-corrected chi connectivity index (χ4v) is 6.08. The Morgan fingerprint density at radius 3 is 1.05 bits per heavy atom. The maximum absolute atomic E-state index is 12.7. The van der Waals surface area contributed by atoms with Gasteiger partial charge in [0.15, 0.2) is 0 Å². The molecule has 0 aromatic rings. The lowest BCUT2D eigenvalue weighted by molar-refractivity contribution is -0.154. The van der Waals surface area contributed by atoms with Crippen molar-refractivity contribution < 1.29 is 19.1 Å². The molecular formula is C40H70O4. The van der Waals surface area contributed by atoms with Gasteiger partial charge in [0.05, 0.1) is 24.4 Å². The highest BCUT2D eigenvalue weighted by Gasteiger charge is 2.36. The van der Waals surface area contributed by atoms with E-state index in [0.717, 1.165) is 25.7 Å². The van der Waals surface area contributed by atoms with Gasteiger partial charge in [-0.25, -0.2) is 0 Å². The SMILES string of the molecule is CCCCCCCCCCCCCCC=COC(=O)C1CC=CCC1C(=O)OC=CCCCCCCCCCCCCCC. The second-order valence-electron chi connectivity index (χ2n) is 13.1. The molecule has 0 bridgehead atoms. The van der Waals surface area contributed by atoms with Crippen molar-refractivity contribution in [1.29, 1.82) is 0 Å². The third-order valence-electron chi connectivity index (χ3n) is 9.05. The molecule has 44 heavy (non-hydrogen) atoms. The Hall–Kier alpha value is -1.84.